The Balaban J connectivity index is 1.64. The third kappa shape index (κ3) is 4.03. The number of hydrogen-bond acceptors (Lipinski definition) is 3. The topological polar surface area (TPSA) is 41.6 Å². The van der Waals surface area contributed by atoms with E-state index in [1.807, 2.05) is 30.3 Å². The zero-order chi connectivity index (χ0) is 16.9. The van der Waals surface area contributed by atoms with E-state index in [-0.39, 0.29) is 5.91 Å². The molecule has 0 fully saturated rings. The van der Waals surface area contributed by atoms with E-state index in [9.17, 15) is 4.79 Å². The summed E-state index contributed by atoms with van der Waals surface area (Å²) >= 11 is 0. The fourth-order valence-corrected chi connectivity index (χ4v) is 2.85. The monoisotopic (exact) mass is 322 g/mol. The van der Waals surface area contributed by atoms with Gasteiger partial charge in [-0.25, -0.2) is 0 Å². The molecule has 1 aliphatic rings. The number of hydrogen-bond donors (Lipinski definition) is 1. The van der Waals surface area contributed by atoms with Crippen LogP contribution in [-0.4, -0.2) is 31.5 Å². The lowest BCUT2D eigenvalue weighted by Gasteiger charge is -2.25. The summed E-state index contributed by atoms with van der Waals surface area (Å²) in [6, 6.07) is 13.7. The van der Waals surface area contributed by atoms with Gasteiger partial charge in [0.25, 0.3) is 0 Å². The average Bonchev–Trinajstić information content (AvgIpc) is 2.60. The second-order valence-corrected chi connectivity index (χ2v) is 6.07. The van der Waals surface area contributed by atoms with Gasteiger partial charge in [-0.05, 0) is 60.5 Å². The highest BCUT2D eigenvalue weighted by atomic mass is 16.5. The van der Waals surface area contributed by atoms with Crippen LogP contribution in [0.25, 0.3) is 6.08 Å². The molecule has 1 aliphatic heterocycles. The van der Waals surface area contributed by atoms with Crippen LogP contribution in [0.15, 0.2) is 48.5 Å². The number of likely N-dealkylation sites (N-methyl/N-ethyl adjacent to an activating group) is 1. The molecule has 0 atom stereocenters. The Bertz CT molecular complexity index is 751. The standard InChI is InChI=1S/C20H22N2O2/c1-22-12-11-16-6-7-18(13-17(16)14-22)21-20(23)10-5-15-3-8-19(24-2)9-4-15/h3-10,13H,11-12,14H2,1-2H3,(H,21,23). The van der Waals surface area contributed by atoms with E-state index in [0.29, 0.717) is 0 Å². The van der Waals surface area contributed by atoms with Gasteiger partial charge in [0.05, 0.1) is 7.11 Å². The summed E-state index contributed by atoms with van der Waals surface area (Å²) in [5.41, 5.74) is 4.46. The SMILES string of the molecule is COc1ccc(C=CC(=O)Nc2ccc3c(c2)CN(C)CC3)cc1. The summed E-state index contributed by atoms with van der Waals surface area (Å²) < 4.78 is 5.12. The molecule has 1 amide bonds. The first kappa shape index (κ1) is 16.3. The van der Waals surface area contributed by atoms with Crippen LogP contribution in [0.3, 0.4) is 0 Å². The van der Waals surface area contributed by atoms with Crippen molar-refractivity contribution in [3.8, 4) is 5.75 Å². The number of amides is 1. The van der Waals surface area contributed by atoms with Gasteiger partial charge in [-0.3, -0.25) is 4.79 Å². The molecule has 0 saturated heterocycles. The van der Waals surface area contributed by atoms with E-state index in [2.05, 4.69) is 29.4 Å². The normalized spacial score (nSPS) is 14.4. The molecule has 124 valence electrons. The van der Waals surface area contributed by atoms with Crippen molar-refractivity contribution in [1.29, 1.82) is 0 Å². The number of benzene rings is 2. The third-order valence-electron chi connectivity index (χ3n) is 4.22. The second kappa shape index (κ2) is 7.32. The first-order chi connectivity index (χ1) is 11.6. The van der Waals surface area contributed by atoms with Crippen molar-refractivity contribution in [2.45, 2.75) is 13.0 Å². The highest BCUT2D eigenvalue weighted by molar-refractivity contribution is 6.02. The Labute approximate surface area is 142 Å². The van der Waals surface area contributed by atoms with Gasteiger partial charge in [-0.2, -0.15) is 0 Å². The predicted molar refractivity (Wildman–Crippen MR) is 97.1 cm³/mol. The maximum absolute atomic E-state index is 12.1. The number of methoxy groups -OCH3 is 1. The summed E-state index contributed by atoms with van der Waals surface area (Å²) in [7, 11) is 3.75. The highest BCUT2D eigenvalue weighted by Gasteiger charge is 2.13. The van der Waals surface area contributed by atoms with Gasteiger partial charge < -0.3 is 15.0 Å². The molecule has 3 rings (SSSR count). The van der Waals surface area contributed by atoms with Gasteiger partial charge in [0.2, 0.25) is 5.91 Å². The largest absolute Gasteiger partial charge is 0.497 e. The lowest BCUT2D eigenvalue weighted by molar-refractivity contribution is -0.111. The molecule has 0 unspecified atom stereocenters. The molecule has 1 N–H and O–H groups in total. The fourth-order valence-electron chi connectivity index (χ4n) is 2.85. The molecule has 2 aromatic rings. The van der Waals surface area contributed by atoms with E-state index < -0.39 is 0 Å². The predicted octanol–water partition coefficient (Wildman–Crippen LogP) is 3.34. The van der Waals surface area contributed by atoms with E-state index in [4.69, 9.17) is 4.74 Å². The molecule has 4 nitrogen and oxygen atoms in total. The number of rotatable bonds is 4. The Morgan fingerprint density at radius 1 is 1.17 bits per heavy atom. The molecule has 24 heavy (non-hydrogen) atoms. The van der Waals surface area contributed by atoms with Crippen molar-refractivity contribution in [1.82, 2.24) is 4.90 Å². The van der Waals surface area contributed by atoms with Crippen molar-refractivity contribution < 1.29 is 9.53 Å². The number of ether oxygens (including phenoxy) is 1. The minimum atomic E-state index is -0.130. The van der Waals surface area contributed by atoms with Crippen molar-refractivity contribution in [3.63, 3.8) is 0 Å². The molecule has 0 bridgehead atoms. The zero-order valence-electron chi connectivity index (χ0n) is 14.1. The van der Waals surface area contributed by atoms with Gasteiger partial charge in [0.15, 0.2) is 0 Å². The second-order valence-electron chi connectivity index (χ2n) is 6.07. The van der Waals surface area contributed by atoms with Crippen LogP contribution in [0, 0.1) is 0 Å². The molecule has 2 aromatic carbocycles. The zero-order valence-corrected chi connectivity index (χ0v) is 14.1. The maximum Gasteiger partial charge on any atom is 0.248 e. The Morgan fingerprint density at radius 2 is 1.96 bits per heavy atom. The van der Waals surface area contributed by atoms with Crippen molar-refractivity contribution in [2.75, 3.05) is 26.0 Å². The lowest BCUT2D eigenvalue weighted by Crippen LogP contribution is -2.26. The van der Waals surface area contributed by atoms with Gasteiger partial charge in [-0.1, -0.05) is 18.2 Å². The summed E-state index contributed by atoms with van der Waals surface area (Å²) in [4.78, 5) is 14.4. The molecule has 1 heterocycles. The van der Waals surface area contributed by atoms with E-state index in [1.165, 1.54) is 11.1 Å². The van der Waals surface area contributed by atoms with Crippen LogP contribution in [0.5, 0.6) is 5.75 Å². The summed E-state index contributed by atoms with van der Waals surface area (Å²) in [6.07, 6.45) is 4.41. The molecule has 0 saturated carbocycles. The van der Waals surface area contributed by atoms with Crippen LogP contribution >= 0.6 is 0 Å². The third-order valence-corrected chi connectivity index (χ3v) is 4.22. The summed E-state index contributed by atoms with van der Waals surface area (Å²) in [6.45, 7) is 2.02. The number of carbonyl (C=O) groups is 1. The maximum atomic E-state index is 12.1. The number of nitrogens with zero attached hydrogens (tertiary/aromatic N) is 1. The van der Waals surface area contributed by atoms with Gasteiger partial charge in [0, 0.05) is 24.9 Å². The summed E-state index contributed by atoms with van der Waals surface area (Å²) in [5.74, 6) is 0.672. The van der Waals surface area contributed by atoms with E-state index in [1.54, 1.807) is 19.3 Å². The molecular formula is C20H22N2O2. The van der Waals surface area contributed by atoms with Crippen LogP contribution in [0.2, 0.25) is 0 Å². The minimum Gasteiger partial charge on any atom is -0.497 e. The van der Waals surface area contributed by atoms with Crippen molar-refractivity contribution >= 4 is 17.7 Å². The van der Waals surface area contributed by atoms with Crippen LogP contribution < -0.4 is 10.1 Å². The first-order valence-electron chi connectivity index (χ1n) is 8.07. The average molecular weight is 322 g/mol. The number of carbonyl (C=O) groups excluding carboxylic acids is 1. The van der Waals surface area contributed by atoms with Gasteiger partial charge in [-0.15, -0.1) is 0 Å². The van der Waals surface area contributed by atoms with Crippen LogP contribution in [-0.2, 0) is 17.8 Å². The number of anilines is 1. The minimum absolute atomic E-state index is 0.130. The van der Waals surface area contributed by atoms with Crippen molar-refractivity contribution in [2.24, 2.45) is 0 Å². The highest BCUT2D eigenvalue weighted by Crippen LogP contribution is 2.22. The molecule has 0 aliphatic carbocycles. The van der Waals surface area contributed by atoms with Crippen molar-refractivity contribution in [3.05, 3.63) is 65.2 Å². The van der Waals surface area contributed by atoms with Gasteiger partial charge >= 0.3 is 0 Å². The summed E-state index contributed by atoms with van der Waals surface area (Å²) in [5, 5.41) is 2.93. The molecular weight excluding hydrogens is 300 g/mol. The van der Waals surface area contributed by atoms with E-state index in [0.717, 1.165) is 36.5 Å². The van der Waals surface area contributed by atoms with Gasteiger partial charge in [0.1, 0.15) is 5.75 Å². The van der Waals surface area contributed by atoms with Crippen LogP contribution in [0.1, 0.15) is 16.7 Å². The quantitative estimate of drug-likeness (QED) is 0.878. The number of fused-ring (bicyclic) bond motifs is 1. The Morgan fingerprint density at radius 3 is 2.71 bits per heavy atom. The smallest absolute Gasteiger partial charge is 0.248 e. The molecule has 0 radical (unpaired) electrons. The lowest BCUT2D eigenvalue weighted by atomic mass is 9.99. The fraction of sp³-hybridized carbons (Fsp3) is 0.250. The molecule has 4 heteroatoms. The van der Waals surface area contributed by atoms with Crippen LogP contribution in [0.4, 0.5) is 5.69 Å². The number of nitrogens with one attached hydrogen (secondary N) is 1. The molecule has 0 spiro atoms. The first-order valence-corrected chi connectivity index (χ1v) is 8.07. The Kier molecular flexibility index (Phi) is 4.96. The molecule has 0 aromatic heterocycles. The Hall–Kier alpha value is -2.59. The van der Waals surface area contributed by atoms with E-state index >= 15 is 0 Å².